The summed E-state index contributed by atoms with van der Waals surface area (Å²) in [6.45, 7) is 0.317. The highest BCUT2D eigenvalue weighted by Gasteiger charge is 2.30. The molecule has 0 spiro atoms. The van der Waals surface area contributed by atoms with Crippen molar-refractivity contribution in [2.45, 2.75) is 38.3 Å². The molecule has 0 saturated heterocycles. The van der Waals surface area contributed by atoms with E-state index in [0.717, 1.165) is 18.4 Å². The van der Waals surface area contributed by atoms with Crippen molar-refractivity contribution in [1.82, 2.24) is 4.98 Å². The Morgan fingerprint density at radius 3 is 2.54 bits per heavy atom. The lowest BCUT2D eigenvalue weighted by atomic mass is 9.96. The third-order valence-corrected chi connectivity index (χ3v) is 3.93. The number of halogens is 4. The van der Waals surface area contributed by atoms with Crippen molar-refractivity contribution in [3.63, 3.8) is 0 Å². The maximum Gasteiger partial charge on any atom is 0.573 e. The summed E-state index contributed by atoms with van der Waals surface area (Å²) in [5, 5.41) is 2.81. The van der Waals surface area contributed by atoms with Gasteiger partial charge < -0.3 is 20.5 Å². The van der Waals surface area contributed by atoms with Gasteiger partial charge in [-0.1, -0.05) is 0 Å². The maximum atomic E-state index is 12.1. The molecular formula is C18H20F3IN4O2. The molecule has 0 bridgehead atoms. The van der Waals surface area contributed by atoms with Crippen LogP contribution in [0.2, 0.25) is 0 Å². The highest BCUT2D eigenvalue weighted by molar-refractivity contribution is 14.0. The van der Waals surface area contributed by atoms with Crippen LogP contribution in [0.3, 0.4) is 0 Å². The summed E-state index contributed by atoms with van der Waals surface area (Å²) >= 11 is 0. The Bertz CT molecular complexity index is 796. The zero-order valence-electron chi connectivity index (χ0n) is 14.8. The van der Waals surface area contributed by atoms with Crippen LogP contribution in [0.25, 0.3) is 0 Å². The number of pyridine rings is 1. The van der Waals surface area contributed by atoms with Crippen LogP contribution < -0.4 is 20.5 Å². The van der Waals surface area contributed by atoms with Crippen LogP contribution >= 0.6 is 24.0 Å². The molecule has 1 fully saturated rings. The number of hydrogen-bond donors (Lipinski definition) is 2. The molecule has 1 aliphatic rings. The lowest BCUT2D eigenvalue weighted by Crippen LogP contribution is -2.25. The SMILES string of the molecule is I.NC(=NCc1ccnc(OC2CCC2)c1)Nc1ccc(OC(F)(F)F)cc1. The van der Waals surface area contributed by atoms with Crippen LogP contribution in [0.1, 0.15) is 24.8 Å². The fraction of sp³-hybridized carbons (Fsp3) is 0.333. The Balaban J connectivity index is 0.00000280. The molecule has 1 saturated carbocycles. The molecule has 10 heteroatoms. The molecule has 0 unspecified atom stereocenters. The lowest BCUT2D eigenvalue weighted by molar-refractivity contribution is -0.274. The van der Waals surface area contributed by atoms with E-state index in [2.05, 4.69) is 20.0 Å². The molecule has 152 valence electrons. The van der Waals surface area contributed by atoms with Gasteiger partial charge in [0.2, 0.25) is 5.88 Å². The van der Waals surface area contributed by atoms with Gasteiger partial charge in [0, 0.05) is 18.0 Å². The van der Waals surface area contributed by atoms with E-state index in [1.807, 2.05) is 12.1 Å². The van der Waals surface area contributed by atoms with Crippen LogP contribution in [-0.2, 0) is 6.54 Å². The quantitative estimate of drug-likeness (QED) is 0.342. The van der Waals surface area contributed by atoms with Crippen LogP contribution in [0.5, 0.6) is 11.6 Å². The number of anilines is 1. The van der Waals surface area contributed by atoms with Gasteiger partial charge in [0.05, 0.1) is 6.54 Å². The monoisotopic (exact) mass is 508 g/mol. The van der Waals surface area contributed by atoms with E-state index in [1.165, 1.54) is 30.7 Å². The zero-order valence-corrected chi connectivity index (χ0v) is 17.1. The first-order chi connectivity index (χ1) is 12.9. The largest absolute Gasteiger partial charge is 0.573 e. The van der Waals surface area contributed by atoms with Crippen LogP contribution in [0, 0.1) is 0 Å². The first-order valence-corrected chi connectivity index (χ1v) is 8.42. The number of nitrogens with one attached hydrogen (secondary N) is 1. The van der Waals surface area contributed by atoms with Gasteiger partial charge in [-0.3, -0.25) is 0 Å². The van der Waals surface area contributed by atoms with Gasteiger partial charge in [-0.25, -0.2) is 9.98 Å². The molecule has 0 radical (unpaired) electrons. The lowest BCUT2D eigenvalue weighted by Gasteiger charge is -2.25. The predicted molar refractivity (Wildman–Crippen MR) is 110 cm³/mol. The van der Waals surface area contributed by atoms with Crippen LogP contribution in [-0.4, -0.2) is 23.4 Å². The first-order valence-electron chi connectivity index (χ1n) is 8.42. The molecule has 1 heterocycles. The van der Waals surface area contributed by atoms with Crippen molar-refractivity contribution in [3.05, 3.63) is 48.2 Å². The molecule has 3 rings (SSSR count). The summed E-state index contributed by atoms with van der Waals surface area (Å²) in [5.74, 6) is 0.399. The average Bonchev–Trinajstić information content (AvgIpc) is 2.57. The summed E-state index contributed by atoms with van der Waals surface area (Å²) in [6, 6.07) is 8.85. The van der Waals surface area contributed by atoms with Crippen molar-refractivity contribution in [2.24, 2.45) is 10.7 Å². The smallest absolute Gasteiger partial charge is 0.474 e. The molecule has 0 atom stereocenters. The van der Waals surface area contributed by atoms with Crippen molar-refractivity contribution < 1.29 is 22.6 Å². The summed E-state index contributed by atoms with van der Waals surface area (Å²) in [7, 11) is 0. The molecule has 1 aromatic carbocycles. The Hall–Kier alpha value is -2.24. The van der Waals surface area contributed by atoms with E-state index >= 15 is 0 Å². The van der Waals surface area contributed by atoms with Gasteiger partial charge in [0.15, 0.2) is 5.96 Å². The van der Waals surface area contributed by atoms with Gasteiger partial charge >= 0.3 is 6.36 Å². The molecule has 1 aliphatic carbocycles. The molecule has 2 aromatic rings. The first kappa shape index (κ1) is 22.1. The highest BCUT2D eigenvalue weighted by atomic mass is 127. The predicted octanol–water partition coefficient (Wildman–Crippen LogP) is 4.46. The van der Waals surface area contributed by atoms with E-state index < -0.39 is 6.36 Å². The third-order valence-electron chi connectivity index (χ3n) is 3.93. The Kier molecular flexibility index (Phi) is 7.72. The summed E-state index contributed by atoms with van der Waals surface area (Å²) in [4.78, 5) is 8.39. The fourth-order valence-corrected chi connectivity index (χ4v) is 2.38. The summed E-state index contributed by atoms with van der Waals surface area (Å²) < 4.78 is 46.0. The van der Waals surface area contributed by atoms with Gasteiger partial charge in [-0.15, -0.1) is 37.1 Å². The minimum Gasteiger partial charge on any atom is -0.474 e. The van der Waals surface area contributed by atoms with Crippen molar-refractivity contribution in [1.29, 1.82) is 0 Å². The van der Waals surface area contributed by atoms with E-state index in [4.69, 9.17) is 10.5 Å². The number of benzene rings is 1. The average molecular weight is 508 g/mol. The second kappa shape index (κ2) is 9.80. The number of aliphatic imine (C=N–C) groups is 1. The van der Waals surface area contributed by atoms with E-state index in [-0.39, 0.29) is 41.8 Å². The molecule has 3 N–H and O–H groups in total. The van der Waals surface area contributed by atoms with Crippen molar-refractivity contribution >= 4 is 35.6 Å². The van der Waals surface area contributed by atoms with Crippen LogP contribution in [0.4, 0.5) is 18.9 Å². The molecule has 6 nitrogen and oxygen atoms in total. The standard InChI is InChI=1S/C18H19F3N4O2.HI/c19-18(20,21)27-15-6-4-13(5-7-15)25-17(22)24-11-12-8-9-23-16(10-12)26-14-2-1-3-14;/h4-10,14H,1-3,11H2,(H3,22,24,25);1H. The van der Waals surface area contributed by atoms with E-state index in [9.17, 15) is 13.2 Å². The number of alkyl halides is 3. The Labute approximate surface area is 177 Å². The minimum atomic E-state index is -4.72. The zero-order chi connectivity index (χ0) is 19.3. The molecule has 28 heavy (non-hydrogen) atoms. The fourth-order valence-electron chi connectivity index (χ4n) is 2.38. The number of hydrogen-bond acceptors (Lipinski definition) is 4. The number of rotatable bonds is 6. The van der Waals surface area contributed by atoms with Gasteiger partial charge in [-0.05, 0) is 55.2 Å². The number of ether oxygens (including phenoxy) is 2. The summed E-state index contributed by atoms with van der Waals surface area (Å²) in [5.41, 5.74) is 7.21. The van der Waals surface area contributed by atoms with Gasteiger partial charge in [0.25, 0.3) is 0 Å². The third kappa shape index (κ3) is 7.06. The second-order valence-corrected chi connectivity index (χ2v) is 6.07. The summed E-state index contributed by atoms with van der Waals surface area (Å²) in [6.07, 6.45) is 0.456. The Morgan fingerprint density at radius 1 is 1.21 bits per heavy atom. The molecule has 0 amide bonds. The van der Waals surface area contributed by atoms with Crippen LogP contribution in [0.15, 0.2) is 47.6 Å². The van der Waals surface area contributed by atoms with Gasteiger partial charge in [-0.2, -0.15) is 0 Å². The number of aromatic nitrogens is 1. The molecular weight excluding hydrogens is 488 g/mol. The number of guanidine groups is 1. The van der Waals surface area contributed by atoms with Crippen molar-refractivity contribution in [3.8, 4) is 11.6 Å². The number of nitrogens with zero attached hydrogens (tertiary/aromatic N) is 2. The van der Waals surface area contributed by atoms with E-state index in [1.54, 1.807) is 6.20 Å². The normalized spacial score (nSPS) is 14.6. The molecule has 0 aliphatic heterocycles. The highest BCUT2D eigenvalue weighted by Crippen LogP contribution is 2.25. The second-order valence-electron chi connectivity index (χ2n) is 6.07. The maximum absolute atomic E-state index is 12.1. The Morgan fingerprint density at radius 2 is 1.93 bits per heavy atom. The van der Waals surface area contributed by atoms with E-state index in [0.29, 0.717) is 18.1 Å². The minimum absolute atomic E-state index is 0. The van der Waals surface area contributed by atoms with Gasteiger partial charge in [0.1, 0.15) is 11.9 Å². The van der Waals surface area contributed by atoms with Crippen molar-refractivity contribution in [2.75, 3.05) is 5.32 Å². The topological polar surface area (TPSA) is 81.8 Å². The molecule has 1 aromatic heterocycles. The number of nitrogens with two attached hydrogens (primary N) is 1.